The highest BCUT2D eigenvalue weighted by atomic mass is 35.5. The minimum absolute atomic E-state index is 0.0570. The summed E-state index contributed by atoms with van der Waals surface area (Å²) in [5.74, 6) is 0. The van der Waals surface area contributed by atoms with Gasteiger partial charge in [-0.2, -0.15) is 0 Å². The molecule has 152 valence electrons. The first-order valence-corrected chi connectivity index (χ1v) is 12.3. The van der Waals surface area contributed by atoms with Crippen molar-refractivity contribution >= 4 is 43.1 Å². The van der Waals surface area contributed by atoms with Crippen molar-refractivity contribution in [3.8, 4) is 0 Å². The lowest BCUT2D eigenvalue weighted by Crippen LogP contribution is -2.26. The van der Waals surface area contributed by atoms with Gasteiger partial charge >= 0.3 is 0 Å². The van der Waals surface area contributed by atoms with Gasteiger partial charge in [0.1, 0.15) is 0 Å². The Kier molecular flexibility index (Phi) is 6.65. The lowest BCUT2D eigenvalue weighted by Gasteiger charge is -2.10. The summed E-state index contributed by atoms with van der Waals surface area (Å²) in [4.78, 5) is -0.142. The zero-order chi connectivity index (χ0) is 21.1. The minimum Gasteiger partial charge on any atom is -0.219 e. The van der Waals surface area contributed by atoms with Gasteiger partial charge in [0.15, 0.2) is 0 Å². The molecule has 1 N–H and O–H groups in total. The molecule has 0 spiro atoms. The molecule has 0 fully saturated rings. The van der Waals surface area contributed by atoms with Crippen LogP contribution < -0.4 is 4.72 Å². The second kappa shape index (κ2) is 8.85. The van der Waals surface area contributed by atoms with Crippen LogP contribution in [0.3, 0.4) is 0 Å². The van der Waals surface area contributed by atoms with Crippen LogP contribution in [0.4, 0.5) is 0 Å². The lowest BCUT2D eigenvalue weighted by atomic mass is 10.1. The molecule has 29 heavy (non-hydrogen) atoms. The zero-order valence-electron chi connectivity index (χ0n) is 15.0. The molecule has 0 amide bonds. The van der Waals surface area contributed by atoms with Crippen molar-refractivity contribution in [3.05, 3.63) is 88.4 Å². The summed E-state index contributed by atoms with van der Waals surface area (Å²) in [5.41, 5.74) is 0.638. The Labute approximate surface area is 180 Å². The third-order valence-corrected chi connectivity index (χ3v) is 8.14. The fourth-order valence-corrected chi connectivity index (χ4v) is 5.77. The van der Waals surface area contributed by atoms with Crippen molar-refractivity contribution in [1.82, 2.24) is 4.72 Å². The summed E-state index contributed by atoms with van der Waals surface area (Å²) in [5, 5.41) is 0.903. The molecule has 0 atom stereocenters. The van der Waals surface area contributed by atoms with Crippen molar-refractivity contribution in [2.45, 2.75) is 21.1 Å². The molecular formula is C20H17Cl2NO4S2. The molecule has 0 aliphatic heterocycles. The predicted octanol–water partition coefficient (Wildman–Crippen LogP) is 4.35. The standard InChI is InChI=1S/C20H17Cl2NO4S2/c21-19-10-5-11-20(22)18(19)12-13-23-29(26,27)17-9-4-8-16(14-17)28(24,25)15-6-2-1-3-7-15/h1-11,14,23H,12-13H2. The first-order valence-electron chi connectivity index (χ1n) is 8.54. The number of rotatable bonds is 7. The summed E-state index contributed by atoms with van der Waals surface area (Å²) >= 11 is 12.2. The van der Waals surface area contributed by atoms with E-state index in [1.807, 2.05) is 0 Å². The number of sulfonamides is 1. The van der Waals surface area contributed by atoms with Crippen LogP contribution in [0.2, 0.25) is 10.0 Å². The number of halogens is 2. The van der Waals surface area contributed by atoms with Gasteiger partial charge in [-0.1, -0.05) is 53.5 Å². The lowest BCUT2D eigenvalue weighted by molar-refractivity contribution is 0.581. The number of benzene rings is 3. The van der Waals surface area contributed by atoms with Crippen LogP contribution in [0, 0.1) is 0 Å². The molecule has 0 unspecified atom stereocenters. The van der Waals surface area contributed by atoms with Crippen LogP contribution >= 0.6 is 23.2 Å². The van der Waals surface area contributed by atoms with Gasteiger partial charge in [-0.15, -0.1) is 0 Å². The average molecular weight is 470 g/mol. The third-order valence-electron chi connectivity index (χ3n) is 4.21. The number of sulfone groups is 1. The van der Waals surface area contributed by atoms with E-state index in [-0.39, 0.29) is 21.2 Å². The van der Waals surface area contributed by atoms with Gasteiger partial charge in [-0.05, 0) is 54.4 Å². The zero-order valence-corrected chi connectivity index (χ0v) is 18.2. The van der Waals surface area contributed by atoms with Crippen LogP contribution in [-0.2, 0) is 26.3 Å². The maximum atomic E-state index is 12.7. The van der Waals surface area contributed by atoms with E-state index in [9.17, 15) is 16.8 Å². The monoisotopic (exact) mass is 469 g/mol. The first kappa shape index (κ1) is 21.8. The summed E-state index contributed by atoms with van der Waals surface area (Å²) in [6, 6.07) is 18.1. The van der Waals surface area contributed by atoms with Crippen molar-refractivity contribution in [2.75, 3.05) is 6.54 Å². The van der Waals surface area contributed by atoms with Crippen LogP contribution in [0.15, 0.2) is 87.5 Å². The van der Waals surface area contributed by atoms with Crippen molar-refractivity contribution in [2.24, 2.45) is 0 Å². The van der Waals surface area contributed by atoms with E-state index in [1.165, 1.54) is 30.3 Å². The van der Waals surface area contributed by atoms with Gasteiger partial charge < -0.3 is 0 Å². The highest BCUT2D eigenvalue weighted by molar-refractivity contribution is 7.91. The SMILES string of the molecule is O=S(=O)(NCCc1c(Cl)cccc1Cl)c1cccc(S(=O)(=O)c2ccccc2)c1. The maximum Gasteiger partial charge on any atom is 0.240 e. The summed E-state index contributed by atoms with van der Waals surface area (Å²) in [6.45, 7) is 0.0570. The second-order valence-corrected chi connectivity index (χ2v) is 10.7. The molecular weight excluding hydrogens is 453 g/mol. The van der Waals surface area contributed by atoms with Gasteiger partial charge in [0.2, 0.25) is 19.9 Å². The Hall–Kier alpha value is -1.90. The molecule has 0 radical (unpaired) electrons. The van der Waals surface area contributed by atoms with E-state index < -0.39 is 19.9 Å². The molecule has 0 saturated heterocycles. The minimum atomic E-state index is -3.92. The van der Waals surface area contributed by atoms with Gasteiger partial charge in [0, 0.05) is 16.6 Å². The molecule has 0 aliphatic carbocycles. The molecule has 0 saturated carbocycles. The molecule has 3 aromatic carbocycles. The van der Waals surface area contributed by atoms with Gasteiger partial charge in [0.05, 0.1) is 14.7 Å². The molecule has 3 aromatic rings. The molecule has 5 nitrogen and oxygen atoms in total. The molecule has 0 aromatic heterocycles. The Balaban J connectivity index is 1.81. The third kappa shape index (κ3) is 4.99. The van der Waals surface area contributed by atoms with Crippen molar-refractivity contribution in [3.63, 3.8) is 0 Å². The van der Waals surface area contributed by atoms with E-state index >= 15 is 0 Å². The predicted molar refractivity (Wildman–Crippen MR) is 114 cm³/mol. The summed E-state index contributed by atoms with van der Waals surface area (Å²) in [6.07, 6.45) is 0.291. The fourth-order valence-electron chi connectivity index (χ4n) is 2.71. The Bertz CT molecular complexity index is 1210. The largest absolute Gasteiger partial charge is 0.240 e. The second-order valence-electron chi connectivity index (χ2n) is 6.14. The van der Waals surface area contributed by atoms with Crippen LogP contribution in [0.5, 0.6) is 0 Å². The van der Waals surface area contributed by atoms with Crippen LogP contribution in [-0.4, -0.2) is 23.4 Å². The van der Waals surface area contributed by atoms with Crippen LogP contribution in [0.1, 0.15) is 5.56 Å². The molecule has 0 bridgehead atoms. The number of hydrogen-bond acceptors (Lipinski definition) is 4. The van der Waals surface area contributed by atoms with Gasteiger partial charge in [0.25, 0.3) is 0 Å². The van der Waals surface area contributed by atoms with Gasteiger partial charge in [-0.25, -0.2) is 21.6 Å². The number of nitrogens with one attached hydrogen (secondary N) is 1. The molecule has 3 rings (SSSR count). The van der Waals surface area contributed by atoms with E-state index in [0.29, 0.717) is 22.0 Å². The van der Waals surface area contributed by atoms with Gasteiger partial charge in [-0.3, -0.25) is 0 Å². The normalized spacial score (nSPS) is 12.1. The quantitative estimate of drug-likeness (QED) is 0.557. The highest BCUT2D eigenvalue weighted by Gasteiger charge is 2.21. The Morgan fingerprint density at radius 3 is 1.90 bits per heavy atom. The van der Waals surface area contributed by atoms with E-state index in [0.717, 1.165) is 6.07 Å². The van der Waals surface area contributed by atoms with E-state index in [4.69, 9.17) is 23.2 Å². The fraction of sp³-hybridized carbons (Fsp3) is 0.100. The summed E-state index contributed by atoms with van der Waals surface area (Å²) < 4.78 is 53.2. The molecule has 0 heterocycles. The Morgan fingerprint density at radius 2 is 1.24 bits per heavy atom. The maximum absolute atomic E-state index is 12.7. The van der Waals surface area contributed by atoms with Crippen molar-refractivity contribution < 1.29 is 16.8 Å². The van der Waals surface area contributed by atoms with Crippen molar-refractivity contribution in [1.29, 1.82) is 0 Å². The average Bonchev–Trinajstić information content (AvgIpc) is 2.71. The van der Waals surface area contributed by atoms with E-state index in [2.05, 4.69) is 4.72 Å². The smallest absolute Gasteiger partial charge is 0.219 e. The van der Waals surface area contributed by atoms with E-state index in [1.54, 1.807) is 36.4 Å². The summed E-state index contributed by atoms with van der Waals surface area (Å²) in [7, 11) is -7.75. The van der Waals surface area contributed by atoms with Crippen LogP contribution in [0.25, 0.3) is 0 Å². The first-order chi connectivity index (χ1) is 13.7. The molecule has 9 heteroatoms. The number of hydrogen-bond donors (Lipinski definition) is 1. The highest BCUT2D eigenvalue weighted by Crippen LogP contribution is 2.25. The Morgan fingerprint density at radius 1 is 0.690 bits per heavy atom. The molecule has 0 aliphatic rings. The topological polar surface area (TPSA) is 80.3 Å².